The summed E-state index contributed by atoms with van der Waals surface area (Å²) in [5, 5.41) is 3.61. The maximum atomic E-state index is 12.7. The fourth-order valence-corrected chi connectivity index (χ4v) is 4.40. The van der Waals surface area contributed by atoms with E-state index in [1.165, 1.54) is 16.9 Å². The van der Waals surface area contributed by atoms with Crippen molar-refractivity contribution in [2.45, 2.75) is 26.2 Å². The summed E-state index contributed by atoms with van der Waals surface area (Å²) in [6.07, 6.45) is 5.54. The van der Waals surface area contributed by atoms with Gasteiger partial charge in [-0.3, -0.25) is 14.6 Å². The van der Waals surface area contributed by atoms with Crippen molar-refractivity contribution >= 4 is 38.5 Å². The molecule has 7 heteroatoms. The maximum absolute atomic E-state index is 12.7. The number of carbonyl (C=O) groups excluding carboxylic acids is 2. The first-order valence-corrected chi connectivity index (χ1v) is 10.4. The van der Waals surface area contributed by atoms with E-state index in [0.29, 0.717) is 36.6 Å². The Balaban J connectivity index is 1.36. The molecule has 1 saturated heterocycles. The van der Waals surface area contributed by atoms with E-state index in [9.17, 15) is 9.59 Å². The summed E-state index contributed by atoms with van der Waals surface area (Å²) in [5.74, 6) is -0.107. The molecular formula is C21H22N4O2S. The van der Waals surface area contributed by atoms with E-state index in [2.05, 4.69) is 34.3 Å². The third-order valence-electron chi connectivity index (χ3n) is 5.17. The van der Waals surface area contributed by atoms with Crippen molar-refractivity contribution in [2.24, 2.45) is 5.92 Å². The van der Waals surface area contributed by atoms with Crippen LogP contribution in [0.25, 0.3) is 10.2 Å². The molecule has 1 aliphatic heterocycles. The van der Waals surface area contributed by atoms with Crippen LogP contribution in [0.1, 0.15) is 35.7 Å². The van der Waals surface area contributed by atoms with Crippen molar-refractivity contribution < 1.29 is 9.59 Å². The predicted octanol–water partition coefficient (Wildman–Crippen LogP) is 3.74. The van der Waals surface area contributed by atoms with E-state index in [-0.39, 0.29) is 17.7 Å². The number of piperidine rings is 1. The lowest BCUT2D eigenvalue weighted by atomic mass is 9.95. The Morgan fingerprint density at radius 1 is 1.18 bits per heavy atom. The minimum atomic E-state index is -0.0975. The number of hydrogen-bond acceptors (Lipinski definition) is 5. The molecule has 3 aromatic rings. The third-order valence-corrected chi connectivity index (χ3v) is 6.11. The Labute approximate surface area is 167 Å². The van der Waals surface area contributed by atoms with Crippen molar-refractivity contribution in [3.05, 3.63) is 53.9 Å². The highest BCUT2D eigenvalue weighted by Gasteiger charge is 2.28. The highest BCUT2D eigenvalue weighted by molar-refractivity contribution is 7.22. The fraction of sp³-hybridized carbons (Fsp3) is 0.333. The minimum Gasteiger partial charge on any atom is -0.339 e. The van der Waals surface area contributed by atoms with Gasteiger partial charge in [-0.1, -0.05) is 24.3 Å². The fourth-order valence-electron chi connectivity index (χ4n) is 3.47. The van der Waals surface area contributed by atoms with E-state index in [0.717, 1.165) is 16.6 Å². The summed E-state index contributed by atoms with van der Waals surface area (Å²) in [6.45, 7) is 3.29. The number of thiazole rings is 1. The molecule has 1 fully saturated rings. The molecule has 6 nitrogen and oxygen atoms in total. The Bertz CT molecular complexity index is 994. The van der Waals surface area contributed by atoms with Gasteiger partial charge in [0.25, 0.3) is 5.91 Å². The van der Waals surface area contributed by atoms with Crippen LogP contribution in [0.4, 0.5) is 5.13 Å². The quantitative estimate of drug-likeness (QED) is 0.731. The van der Waals surface area contributed by atoms with Crippen LogP contribution in [0.5, 0.6) is 0 Å². The van der Waals surface area contributed by atoms with Crippen LogP contribution in [0, 0.1) is 5.92 Å². The van der Waals surface area contributed by atoms with Crippen molar-refractivity contribution in [3.8, 4) is 0 Å². The van der Waals surface area contributed by atoms with Gasteiger partial charge in [0.15, 0.2) is 5.13 Å². The molecule has 144 valence electrons. The average Bonchev–Trinajstić information content (AvgIpc) is 3.15. The van der Waals surface area contributed by atoms with Gasteiger partial charge in [-0.25, -0.2) is 4.98 Å². The Kier molecular flexibility index (Phi) is 5.34. The second-order valence-corrected chi connectivity index (χ2v) is 8.00. The van der Waals surface area contributed by atoms with Crippen LogP contribution < -0.4 is 5.32 Å². The lowest BCUT2D eigenvalue weighted by Gasteiger charge is -2.31. The summed E-state index contributed by atoms with van der Waals surface area (Å²) in [6, 6.07) is 9.65. The normalized spacial score (nSPS) is 15.0. The van der Waals surface area contributed by atoms with Crippen LogP contribution in [0.3, 0.4) is 0 Å². The van der Waals surface area contributed by atoms with Gasteiger partial charge in [-0.15, -0.1) is 0 Å². The molecule has 1 aromatic carbocycles. The molecule has 1 aliphatic rings. The number of aromatic nitrogens is 2. The summed E-state index contributed by atoms with van der Waals surface area (Å²) in [5.41, 5.74) is 2.81. The van der Waals surface area contributed by atoms with Gasteiger partial charge < -0.3 is 10.2 Å². The molecule has 28 heavy (non-hydrogen) atoms. The summed E-state index contributed by atoms with van der Waals surface area (Å²) in [7, 11) is 0. The smallest absolute Gasteiger partial charge is 0.253 e. The molecule has 0 atom stereocenters. The van der Waals surface area contributed by atoms with Crippen LogP contribution in [0.15, 0.2) is 42.7 Å². The van der Waals surface area contributed by atoms with E-state index in [1.807, 2.05) is 11.0 Å². The number of nitrogens with zero attached hydrogens (tertiary/aromatic N) is 3. The molecule has 2 aromatic heterocycles. The van der Waals surface area contributed by atoms with Gasteiger partial charge in [-0.2, -0.15) is 0 Å². The number of anilines is 1. The van der Waals surface area contributed by atoms with Crippen molar-refractivity contribution in [3.63, 3.8) is 0 Å². The van der Waals surface area contributed by atoms with Crippen molar-refractivity contribution in [1.29, 1.82) is 0 Å². The number of carbonyl (C=O) groups is 2. The van der Waals surface area contributed by atoms with Crippen LogP contribution in [-0.4, -0.2) is 39.8 Å². The number of hydrogen-bond donors (Lipinski definition) is 1. The minimum absolute atomic E-state index is 0.000778. The summed E-state index contributed by atoms with van der Waals surface area (Å²) < 4.78 is 1.09. The Hall–Kier alpha value is -2.80. The largest absolute Gasteiger partial charge is 0.339 e. The highest BCUT2D eigenvalue weighted by Crippen LogP contribution is 2.28. The van der Waals surface area contributed by atoms with Gasteiger partial charge in [0.1, 0.15) is 0 Å². The average molecular weight is 395 g/mol. The highest BCUT2D eigenvalue weighted by atomic mass is 32.1. The first kappa shape index (κ1) is 18.6. The number of aryl methyl sites for hydroxylation is 1. The number of amides is 2. The van der Waals surface area contributed by atoms with E-state index < -0.39 is 0 Å². The lowest BCUT2D eigenvalue weighted by Crippen LogP contribution is -2.41. The van der Waals surface area contributed by atoms with Gasteiger partial charge in [0.2, 0.25) is 5.91 Å². The zero-order chi connectivity index (χ0) is 19.5. The van der Waals surface area contributed by atoms with Gasteiger partial charge in [0, 0.05) is 37.0 Å². The molecule has 0 aliphatic carbocycles. The molecule has 4 rings (SSSR count). The van der Waals surface area contributed by atoms with E-state index in [1.54, 1.807) is 24.5 Å². The van der Waals surface area contributed by atoms with Crippen LogP contribution >= 0.6 is 11.3 Å². The zero-order valence-electron chi connectivity index (χ0n) is 15.7. The van der Waals surface area contributed by atoms with E-state index in [4.69, 9.17) is 0 Å². The second kappa shape index (κ2) is 8.06. The molecule has 0 unspecified atom stereocenters. The molecule has 2 amide bonds. The number of pyridine rings is 1. The van der Waals surface area contributed by atoms with Crippen molar-refractivity contribution in [1.82, 2.24) is 14.9 Å². The number of fused-ring (bicyclic) bond motifs is 1. The topological polar surface area (TPSA) is 75.2 Å². The maximum Gasteiger partial charge on any atom is 0.253 e. The molecule has 3 heterocycles. The Morgan fingerprint density at radius 2 is 1.93 bits per heavy atom. The zero-order valence-corrected chi connectivity index (χ0v) is 16.5. The molecule has 0 bridgehead atoms. The Morgan fingerprint density at radius 3 is 2.64 bits per heavy atom. The number of nitrogens with one attached hydrogen (secondary N) is 1. The number of benzene rings is 1. The lowest BCUT2D eigenvalue weighted by molar-refractivity contribution is -0.121. The van der Waals surface area contributed by atoms with Crippen LogP contribution in [-0.2, 0) is 11.2 Å². The standard InChI is InChI=1S/C21H22N4O2S/c1-2-14-3-4-17-18(13-14)28-21(23-17)24-19(26)15-7-11-25(12-8-15)20(27)16-5-9-22-10-6-16/h3-6,9-10,13,15H,2,7-8,11-12H2,1H3,(H,23,24,26). The molecular weight excluding hydrogens is 372 g/mol. The van der Waals surface area contributed by atoms with Crippen LogP contribution in [0.2, 0.25) is 0 Å². The monoisotopic (exact) mass is 394 g/mol. The molecule has 0 spiro atoms. The van der Waals surface area contributed by atoms with Gasteiger partial charge >= 0.3 is 0 Å². The van der Waals surface area contributed by atoms with Gasteiger partial charge in [0.05, 0.1) is 10.2 Å². The third kappa shape index (κ3) is 3.89. The van der Waals surface area contributed by atoms with Gasteiger partial charge in [-0.05, 0) is 49.1 Å². The second-order valence-electron chi connectivity index (χ2n) is 6.97. The number of rotatable bonds is 4. The molecule has 1 N–H and O–H groups in total. The van der Waals surface area contributed by atoms with Crippen molar-refractivity contribution in [2.75, 3.05) is 18.4 Å². The summed E-state index contributed by atoms with van der Waals surface area (Å²) >= 11 is 1.51. The van der Waals surface area contributed by atoms with E-state index >= 15 is 0 Å². The molecule has 0 saturated carbocycles. The SMILES string of the molecule is CCc1ccc2nc(NC(=O)C3CCN(C(=O)c4ccncc4)CC3)sc2c1. The first-order valence-electron chi connectivity index (χ1n) is 9.53. The number of likely N-dealkylation sites (tertiary alicyclic amines) is 1. The molecule has 0 radical (unpaired) electrons. The summed E-state index contributed by atoms with van der Waals surface area (Å²) in [4.78, 5) is 35.4. The predicted molar refractivity (Wildman–Crippen MR) is 110 cm³/mol. The first-order chi connectivity index (χ1) is 13.6.